The SMILES string of the molecule is O=C(CCCCCn1c(=O)[nH]c2ccsc2c1=O)NC1CCCCCC1. The number of aromatic amines is 1. The van der Waals surface area contributed by atoms with E-state index < -0.39 is 0 Å². The molecule has 0 aromatic carbocycles. The zero-order valence-corrected chi connectivity index (χ0v) is 15.9. The number of rotatable bonds is 7. The van der Waals surface area contributed by atoms with Crippen LogP contribution < -0.4 is 16.6 Å². The summed E-state index contributed by atoms with van der Waals surface area (Å²) in [5.41, 5.74) is 0.0355. The van der Waals surface area contributed by atoms with E-state index in [4.69, 9.17) is 0 Å². The van der Waals surface area contributed by atoms with Crippen molar-refractivity contribution in [3.63, 3.8) is 0 Å². The van der Waals surface area contributed by atoms with E-state index in [1.807, 2.05) is 0 Å². The third-order valence-corrected chi connectivity index (χ3v) is 6.00. The van der Waals surface area contributed by atoms with Crippen molar-refractivity contribution in [3.05, 3.63) is 32.3 Å². The standard InChI is InChI=1S/C19H27N3O3S/c23-16(20-14-8-4-1-2-5-9-14)10-6-3-7-12-22-18(24)17-15(11-13-26-17)21-19(22)25/h11,13-14H,1-10,12H2,(H,20,23)(H,21,25). The van der Waals surface area contributed by atoms with Crippen molar-refractivity contribution < 1.29 is 4.79 Å². The quantitative estimate of drug-likeness (QED) is 0.574. The second-order valence-electron chi connectivity index (χ2n) is 7.12. The van der Waals surface area contributed by atoms with Crippen molar-refractivity contribution in [3.8, 4) is 0 Å². The van der Waals surface area contributed by atoms with Crippen LogP contribution >= 0.6 is 11.3 Å². The first kappa shape index (κ1) is 18.9. The fourth-order valence-electron chi connectivity index (χ4n) is 3.63. The second kappa shape index (κ2) is 9.16. The van der Waals surface area contributed by atoms with Gasteiger partial charge in [0.1, 0.15) is 4.70 Å². The molecule has 0 saturated heterocycles. The van der Waals surface area contributed by atoms with Gasteiger partial charge >= 0.3 is 5.69 Å². The molecule has 0 aliphatic heterocycles. The summed E-state index contributed by atoms with van der Waals surface area (Å²) in [5.74, 6) is 0.131. The monoisotopic (exact) mass is 377 g/mol. The molecule has 1 fully saturated rings. The highest BCUT2D eigenvalue weighted by molar-refractivity contribution is 7.17. The zero-order chi connectivity index (χ0) is 18.4. The highest BCUT2D eigenvalue weighted by atomic mass is 32.1. The molecule has 7 heteroatoms. The number of unbranched alkanes of at least 4 members (excludes halogenated alkanes) is 2. The molecule has 1 aliphatic rings. The average Bonchev–Trinajstić information content (AvgIpc) is 2.93. The Labute approximate surface area is 156 Å². The van der Waals surface area contributed by atoms with Crippen molar-refractivity contribution in [2.75, 3.05) is 0 Å². The molecule has 0 spiro atoms. The topological polar surface area (TPSA) is 84.0 Å². The van der Waals surface area contributed by atoms with Gasteiger partial charge in [0.25, 0.3) is 5.56 Å². The number of hydrogen-bond acceptors (Lipinski definition) is 4. The summed E-state index contributed by atoms with van der Waals surface area (Å²) in [7, 11) is 0. The molecule has 3 rings (SSSR count). The van der Waals surface area contributed by atoms with Crippen LogP contribution in [0.2, 0.25) is 0 Å². The largest absolute Gasteiger partial charge is 0.353 e. The van der Waals surface area contributed by atoms with Gasteiger partial charge in [0.05, 0.1) is 5.52 Å². The van der Waals surface area contributed by atoms with Crippen molar-refractivity contribution in [1.82, 2.24) is 14.9 Å². The molecular formula is C19H27N3O3S. The van der Waals surface area contributed by atoms with Gasteiger partial charge < -0.3 is 10.3 Å². The summed E-state index contributed by atoms with van der Waals surface area (Å²) >= 11 is 1.35. The molecule has 0 radical (unpaired) electrons. The van der Waals surface area contributed by atoms with Gasteiger partial charge in [-0.25, -0.2) is 4.79 Å². The Morgan fingerprint density at radius 1 is 1.15 bits per heavy atom. The lowest BCUT2D eigenvalue weighted by Crippen LogP contribution is -2.34. The van der Waals surface area contributed by atoms with Gasteiger partial charge in [-0.2, -0.15) is 0 Å². The predicted molar refractivity (Wildman–Crippen MR) is 105 cm³/mol. The van der Waals surface area contributed by atoms with Crippen LogP contribution in [0.3, 0.4) is 0 Å². The van der Waals surface area contributed by atoms with E-state index in [1.165, 1.54) is 41.6 Å². The highest BCUT2D eigenvalue weighted by Crippen LogP contribution is 2.17. The van der Waals surface area contributed by atoms with Crippen molar-refractivity contribution in [2.24, 2.45) is 0 Å². The third kappa shape index (κ3) is 4.84. The van der Waals surface area contributed by atoms with Gasteiger partial charge in [-0.3, -0.25) is 14.2 Å². The number of amides is 1. The van der Waals surface area contributed by atoms with Crippen molar-refractivity contribution in [1.29, 1.82) is 0 Å². The minimum Gasteiger partial charge on any atom is -0.353 e. The molecular weight excluding hydrogens is 350 g/mol. The van der Waals surface area contributed by atoms with Gasteiger partial charge in [0, 0.05) is 19.0 Å². The second-order valence-corrected chi connectivity index (χ2v) is 8.03. The smallest absolute Gasteiger partial charge is 0.328 e. The number of nitrogens with zero attached hydrogens (tertiary/aromatic N) is 1. The van der Waals surface area contributed by atoms with E-state index in [0.717, 1.165) is 32.1 Å². The summed E-state index contributed by atoms with van der Waals surface area (Å²) in [6.45, 7) is 0.395. The van der Waals surface area contributed by atoms with Crippen LogP contribution in [0.15, 0.2) is 21.0 Å². The van der Waals surface area contributed by atoms with E-state index in [0.29, 0.717) is 29.2 Å². The van der Waals surface area contributed by atoms with Gasteiger partial charge in [-0.15, -0.1) is 11.3 Å². The summed E-state index contributed by atoms with van der Waals surface area (Å²) in [4.78, 5) is 39.1. The fourth-order valence-corrected chi connectivity index (χ4v) is 4.43. The number of carbonyl (C=O) groups excluding carboxylic acids is 1. The average molecular weight is 378 g/mol. The molecule has 142 valence electrons. The number of aromatic nitrogens is 2. The first-order valence-electron chi connectivity index (χ1n) is 9.65. The predicted octanol–water partition coefficient (Wildman–Crippen LogP) is 3.15. The Hall–Kier alpha value is -1.89. The van der Waals surface area contributed by atoms with E-state index in [-0.39, 0.29) is 17.2 Å². The van der Waals surface area contributed by atoms with E-state index >= 15 is 0 Å². The van der Waals surface area contributed by atoms with Gasteiger partial charge in [0.2, 0.25) is 5.91 Å². The molecule has 2 aromatic heterocycles. The Kier molecular flexibility index (Phi) is 6.66. The lowest BCUT2D eigenvalue weighted by Gasteiger charge is -2.16. The first-order valence-corrected chi connectivity index (χ1v) is 10.5. The first-order chi connectivity index (χ1) is 12.6. The Bertz CT molecular complexity index is 844. The number of fused-ring (bicyclic) bond motifs is 1. The summed E-state index contributed by atoms with van der Waals surface area (Å²) in [6.07, 6.45) is 10.0. The van der Waals surface area contributed by atoms with E-state index in [1.54, 1.807) is 11.4 Å². The van der Waals surface area contributed by atoms with Gasteiger partial charge in [-0.1, -0.05) is 32.1 Å². The number of carbonyl (C=O) groups is 1. The van der Waals surface area contributed by atoms with Crippen molar-refractivity contribution in [2.45, 2.75) is 76.8 Å². The zero-order valence-electron chi connectivity index (χ0n) is 15.1. The Balaban J connectivity index is 1.41. The van der Waals surface area contributed by atoms with Gasteiger partial charge in [0.15, 0.2) is 0 Å². The molecule has 6 nitrogen and oxygen atoms in total. The van der Waals surface area contributed by atoms with Crippen molar-refractivity contribution >= 4 is 27.5 Å². The number of nitrogens with one attached hydrogen (secondary N) is 2. The molecule has 0 atom stereocenters. The molecule has 2 aromatic rings. The van der Waals surface area contributed by atoms with Gasteiger partial charge in [-0.05, 0) is 37.1 Å². The maximum atomic E-state index is 12.3. The lowest BCUT2D eigenvalue weighted by atomic mass is 10.1. The highest BCUT2D eigenvalue weighted by Gasteiger charge is 2.14. The van der Waals surface area contributed by atoms with E-state index in [9.17, 15) is 14.4 Å². The molecule has 0 bridgehead atoms. The number of thiophene rings is 1. The molecule has 26 heavy (non-hydrogen) atoms. The molecule has 0 unspecified atom stereocenters. The lowest BCUT2D eigenvalue weighted by molar-refractivity contribution is -0.122. The number of hydrogen-bond donors (Lipinski definition) is 2. The summed E-state index contributed by atoms with van der Waals surface area (Å²) in [6, 6.07) is 2.10. The minimum absolute atomic E-state index is 0.131. The molecule has 1 aliphatic carbocycles. The van der Waals surface area contributed by atoms with Crippen LogP contribution in [0.1, 0.15) is 64.2 Å². The van der Waals surface area contributed by atoms with Crippen LogP contribution in [0.5, 0.6) is 0 Å². The maximum Gasteiger partial charge on any atom is 0.328 e. The molecule has 1 saturated carbocycles. The van der Waals surface area contributed by atoms with E-state index in [2.05, 4.69) is 10.3 Å². The summed E-state index contributed by atoms with van der Waals surface area (Å²) < 4.78 is 1.86. The maximum absolute atomic E-state index is 12.3. The summed E-state index contributed by atoms with van der Waals surface area (Å²) in [5, 5.41) is 4.96. The van der Waals surface area contributed by atoms with Crippen LogP contribution in [-0.4, -0.2) is 21.5 Å². The molecule has 2 N–H and O–H groups in total. The van der Waals surface area contributed by atoms with Crippen LogP contribution in [0.25, 0.3) is 10.2 Å². The fraction of sp³-hybridized carbons (Fsp3) is 0.632. The van der Waals surface area contributed by atoms with Crippen LogP contribution in [-0.2, 0) is 11.3 Å². The van der Waals surface area contributed by atoms with Crippen LogP contribution in [0.4, 0.5) is 0 Å². The molecule has 2 heterocycles. The normalized spacial score (nSPS) is 15.8. The Morgan fingerprint density at radius 2 is 1.92 bits per heavy atom. The minimum atomic E-state index is -0.355. The third-order valence-electron chi connectivity index (χ3n) is 5.10. The number of H-pyrrole nitrogens is 1. The Morgan fingerprint density at radius 3 is 2.69 bits per heavy atom. The molecule has 1 amide bonds. The van der Waals surface area contributed by atoms with Crippen LogP contribution in [0, 0.1) is 0 Å².